The largest absolute Gasteiger partial charge is 0.407 e. The van der Waals surface area contributed by atoms with Crippen LogP contribution in [0.4, 0.5) is 0 Å². The molecule has 0 aromatic heterocycles. The van der Waals surface area contributed by atoms with Crippen molar-refractivity contribution in [3.63, 3.8) is 0 Å². The van der Waals surface area contributed by atoms with Crippen LogP contribution in [-0.4, -0.2) is 31.9 Å². The molecule has 3 aliphatic rings. The van der Waals surface area contributed by atoms with Gasteiger partial charge < -0.3 is 14.3 Å². The lowest BCUT2D eigenvalue weighted by Gasteiger charge is -2.44. The number of aliphatic hydroxyl groups is 1. The molecular weight excluding hydrogens is 508 g/mol. The number of benzene rings is 2. The average Bonchev–Trinajstić information content (AvgIpc) is 3.33. The summed E-state index contributed by atoms with van der Waals surface area (Å²) >= 11 is 0. The minimum absolute atomic E-state index is 0.0174. The summed E-state index contributed by atoms with van der Waals surface area (Å²) in [6.07, 6.45) is 4.15. The zero-order chi connectivity index (χ0) is 29.1. The third kappa shape index (κ3) is 4.39. The van der Waals surface area contributed by atoms with E-state index in [1.165, 1.54) is 16.8 Å². The van der Waals surface area contributed by atoms with Gasteiger partial charge in [-0.3, -0.25) is 0 Å². The number of hydrogen-bond donors (Lipinski definition) is 1. The quantitative estimate of drug-likeness (QED) is 0.341. The predicted octanol–water partition coefficient (Wildman–Crippen LogP) is 7.41. The van der Waals surface area contributed by atoms with Crippen LogP contribution in [0.1, 0.15) is 88.0 Å². The molecule has 0 radical (unpaired) electrons. The average molecular weight is 563 g/mol. The van der Waals surface area contributed by atoms with Crippen molar-refractivity contribution in [1.82, 2.24) is 0 Å². The molecule has 2 saturated carbocycles. The van der Waals surface area contributed by atoms with Gasteiger partial charge in [0, 0.05) is 18.9 Å². The van der Waals surface area contributed by atoms with Gasteiger partial charge in [0.25, 0.3) is 8.32 Å². The van der Waals surface area contributed by atoms with E-state index in [1.54, 1.807) is 0 Å². The van der Waals surface area contributed by atoms with Gasteiger partial charge in [0.05, 0.1) is 6.10 Å². The molecule has 2 aromatic rings. The maximum atomic E-state index is 11.9. The summed E-state index contributed by atoms with van der Waals surface area (Å²) < 4.78 is 13.9. The molecule has 1 aliphatic heterocycles. The maximum Gasteiger partial charge on any atom is 0.261 e. The Hall–Kier alpha value is -1.46. The van der Waals surface area contributed by atoms with Crippen LogP contribution in [0.5, 0.6) is 0 Å². The van der Waals surface area contributed by atoms with Crippen LogP contribution in [0.15, 0.2) is 60.7 Å². The fourth-order valence-electron chi connectivity index (χ4n) is 9.80. The summed E-state index contributed by atoms with van der Waals surface area (Å²) in [7, 11) is -2.54. The lowest BCUT2D eigenvalue weighted by molar-refractivity contribution is -0.212. The van der Waals surface area contributed by atoms with E-state index in [1.807, 2.05) is 0 Å². The van der Waals surface area contributed by atoms with Crippen molar-refractivity contribution in [1.29, 1.82) is 0 Å². The molecule has 2 unspecified atom stereocenters. The Morgan fingerprint density at radius 2 is 1.50 bits per heavy atom. The SMILES string of the molecule is CC1CC(C)[C@]2(C)[C@H]3[C@H](C)[C@@H](CC[C@@H](C)CO[Si](c4ccccc4)(c4ccccc4)C(C)(C)C)O[C@@]3(O)C[C@@]12C. The van der Waals surface area contributed by atoms with Gasteiger partial charge >= 0.3 is 0 Å². The van der Waals surface area contributed by atoms with Gasteiger partial charge in [-0.05, 0) is 69.2 Å². The van der Waals surface area contributed by atoms with Crippen LogP contribution < -0.4 is 10.4 Å². The predicted molar refractivity (Wildman–Crippen MR) is 168 cm³/mol. The molecular formula is C36H54O3Si. The first-order chi connectivity index (χ1) is 18.7. The Balaban J connectivity index is 1.30. The zero-order valence-electron chi connectivity index (χ0n) is 26.5. The van der Waals surface area contributed by atoms with Gasteiger partial charge in [-0.25, -0.2) is 0 Å². The van der Waals surface area contributed by atoms with E-state index in [2.05, 4.69) is 123 Å². The van der Waals surface area contributed by atoms with Gasteiger partial charge in [0.1, 0.15) is 0 Å². The van der Waals surface area contributed by atoms with E-state index in [4.69, 9.17) is 9.16 Å². The molecule has 0 bridgehead atoms. The summed E-state index contributed by atoms with van der Waals surface area (Å²) in [4.78, 5) is 0. The van der Waals surface area contributed by atoms with E-state index in [9.17, 15) is 5.11 Å². The van der Waals surface area contributed by atoms with Gasteiger partial charge in [0.15, 0.2) is 5.79 Å². The van der Waals surface area contributed by atoms with Crippen LogP contribution in [0.2, 0.25) is 5.04 Å². The van der Waals surface area contributed by atoms with Crippen molar-refractivity contribution < 1.29 is 14.3 Å². The molecule has 3 fully saturated rings. The standard InChI is InChI=1S/C36H54O3Si/c1-25(23-38-40(33(5,6)7,29-16-12-10-13-17-29)30-18-14-11-15-19-30)20-21-31-28(4)32-35(9)27(3)22-26(2)34(35,8)24-36(32,37)39-31/h10-19,25-28,31-32,37H,20-24H2,1-9H3/t25-,26?,27?,28-,31-,32-,34+,35-,36+/m1/s1. The molecule has 9 atom stereocenters. The topological polar surface area (TPSA) is 38.7 Å². The third-order valence-electron chi connectivity index (χ3n) is 12.2. The van der Waals surface area contributed by atoms with E-state index < -0.39 is 14.1 Å². The van der Waals surface area contributed by atoms with Crippen LogP contribution in [0.25, 0.3) is 0 Å². The van der Waals surface area contributed by atoms with E-state index in [0.717, 1.165) is 25.9 Å². The molecule has 0 spiro atoms. The second-order valence-corrected chi connectivity index (χ2v) is 19.7. The van der Waals surface area contributed by atoms with E-state index >= 15 is 0 Å². The van der Waals surface area contributed by atoms with Gasteiger partial charge in [0.2, 0.25) is 0 Å². The number of hydrogen-bond acceptors (Lipinski definition) is 3. The Kier molecular flexibility index (Phi) is 7.77. The molecule has 3 nitrogen and oxygen atoms in total. The molecule has 5 rings (SSSR count). The third-order valence-corrected chi connectivity index (χ3v) is 17.2. The highest BCUT2D eigenvalue weighted by Gasteiger charge is 2.75. The first-order valence-corrected chi connectivity index (χ1v) is 17.8. The van der Waals surface area contributed by atoms with E-state index in [0.29, 0.717) is 23.7 Å². The zero-order valence-corrected chi connectivity index (χ0v) is 27.5. The van der Waals surface area contributed by atoms with Gasteiger partial charge in [-0.1, -0.05) is 123 Å². The highest BCUT2D eigenvalue weighted by atomic mass is 28.4. The van der Waals surface area contributed by atoms with E-state index in [-0.39, 0.29) is 27.9 Å². The lowest BCUT2D eigenvalue weighted by atomic mass is 9.59. The molecule has 1 N–H and O–H groups in total. The van der Waals surface area contributed by atoms with Crippen molar-refractivity contribution >= 4 is 18.7 Å². The van der Waals surface area contributed by atoms with Crippen LogP contribution in [0, 0.1) is 40.4 Å². The molecule has 40 heavy (non-hydrogen) atoms. The normalized spacial score (nSPS) is 38.3. The summed E-state index contributed by atoms with van der Waals surface area (Å²) in [6, 6.07) is 21.9. The number of fused-ring (bicyclic) bond motifs is 3. The van der Waals surface area contributed by atoms with Crippen molar-refractivity contribution in [2.24, 2.45) is 40.4 Å². The van der Waals surface area contributed by atoms with Crippen molar-refractivity contribution in [3.05, 3.63) is 60.7 Å². The number of rotatable bonds is 8. The molecule has 1 heterocycles. The first kappa shape index (κ1) is 30.0. The Labute approximate surface area is 245 Å². The number of ether oxygens (including phenoxy) is 1. The second-order valence-electron chi connectivity index (χ2n) is 15.4. The minimum atomic E-state index is -2.54. The van der Waals surface area contributed by atoms with Crippen LogP contribution >= 0.6 is 0 Å². The Bertz CT molecular complexity index is 1120. The maximum absolute atomic E-state index is 11.9. The molecule has 220 valence electrons. The highest BCUT2D eigenvalue weighted by molar-refractivity contribution is 6.99. The van der Waals surface area contributed by atoms with Crippen LogP contribution in [-0.2, 0) is 9.16 Å². The van der Waals surface area contributed by atoms with Gasteiger partial charge in [-0.15, -0.1) is 0 Å². The fourth-order valence-corrected chi connectivity index (χ4v) is 14.5. The molecule has 0 amide bonds. The fraction of sp³-hybridized carbons (Fsp3) is 0.667. The minimum Gasteiger partial charge on any atom is -0.407 e. The van der Waals surface area contributed by atoms with Crippen molar-refractivity contribution in [2.75, 3.05) is 6.61 Å². The smallest absolute Gasteiger partial charge is 0.261 e. The Morgan fingerprint density at radius 3 is 2.02 bits per heavy atom. The Morgan fingerprint density at radius 1 is 0.950 bits per heavy atom. The van der Waals surface area contributed by atoms with Crippen LogP contribution in [0.3, 0.4) is 0 Å². The highest BCUT2D eigenvalue weighted by Crippen LogP contribution is 2.75. The van der Waals surface area contributed by atoms with Crippen molar-refractivity contribution in [3.8, 4) is 0 Å². The van der Waals surface area contributed by atoms with Crippen molar-refractivity contribution in [2.45, 2.75) is 105 Å². The monoisotopic (exact) mass is 562 g/mol. The summed E-state index contributed by atoms with van der Waals surface area (Å²) in [5.74, 6) is 1.21. The second kappa shape index (κ2) is 10.4. The lowest BCUT2D eigenvalue weighted by Crippen LogP contribution is -2.66. The summed E-state index contributed by atoms with van der Waals surface area (Å²) in [6.45, 7) is 22.1. The summed E-state index contributed by atoms with van der Waals surface area (Å²) in [5, 5.41) is 14.6. The molecule has 2 aliphatic carbocycles. The molecule has 2 aromatic carbocycles. The molecule has 1 saturated heterocycles. The summed E-state index contributed by atoms with van der Waals surface area (Å²) in [5.41, 5.74) is 0.259. The molecule has 4 heteroatoms. The first-order valence-electron chi connectivity index (χ1n) is 15.9. The van der Waals surface area contributed by atoms with Gasteiger partial charge in [-0.2, -0.15) is 0 Å².